The number of rotatable bonds is 6. The highest BCUT2D eigenvalue weighted by Crippen LogP contribution is 2.13. The number of hydrogen-bond acceptors (Lipinski definition) is 4. The Kier molecular flexibility index (Phi) is 4.49. The third-order valence-corrected chi connectivity index (χ3v) is 2.38. The van der Waals surface area contributed by atoms with Crippen LogP contribution in [0, 0.1) is 6.92 Å². The fourth-order valence-corrected chi connectivity index (χ4v) is 1.68. The smallest absolute Gasteiger partial charge is 0.305 e. The van der Waals surface area contributed by atoms with Gasteiger partial charge < -0.3 is 19.6 Å². The van der Waals surface area contributed by atoms with Crippen LogP contribution < -0.4 is 5.32 Å². The molecule has 0 fully saturated rings. The molecule has 1 aromatic rings. The fourth-order valence-electron chi connectivity index (χ4n) is 1.68. The Bertz CT molecular complexity index is 439. The maximum Gasteiger partial charge on any atom is 0.305 e. The first kappa shape index (κ1) is 14.2. The number of carboxylic acid groups (broad SMARTS) is 1. The molecule has 6 nitrogen and oxygen atoms in total. The summed E-state index contributed by atoms with van der Waals surface area (Å²) >= 11 is 0. The summed E-state index contributed by atoms with van der Waals surface area (Å²) in [4.78, 5) is 22.7. The minimum absolute atomic E-state index is 0.102. The van der Waals surface area contributed by atoms with Crippen molar-refractivity contribution in [3.8, 4) is 0 Å². The lowest BCUT2D eigenvalue weighted by molar-refractivity contribution is -0.139. The molecular weight excluding hydrogens is 238 g/mol. The van der Waals surface area contributed by atoms with Gasteiger partial charge in [-0.15, -0.1) is 0 Å². The fraction of sp³-hybridized carbons (Fsp3) is 0.500. The number of aliphatic carboxylic acids is 1. The lowest BCUT2D eigenvalue weighted by Crippen LogP contribution is -2.50. The van der Waals surface area contributed by atoms with Crippen molar-refractivity contribution >= 4 is 11.9 Å². The lowest BCUT2D eigenvalue weighted by atomic mass is 9.99. The first-order valence-electron chi connectivity index (χ1n) is 5.46. The van der Waals surface area contributed by atoms with E-state index in [0.717, 1.165) is 0 Å². The van der Waals surface area contributed by atoms with Crippen LogP contribution in [-0.2, 0) is 9.53 Å². The van der Waals surface area contributed by atoms with Crippen LogP contribution >= 0.6 is 0 Å². The Balaban J connectivity index is 2.77. The molecule has 1 aromatic heterocycles. The van der Waals surface area contributed by atoms with Crippen LogP contribution in [0.25, 0.3) is 0 Å². The van der Waals surface area contributed by atoms with Gasteiger partial charge in [0.2, 0.25) is 0 Å². The lowest BCUT2D eigenvalue weighted by Gasteiger charge is -2.27. The molecule has 0 aliphatic heterocycles. The third-order valence-electron chi connectivity index (χ3n) is 2.38. The summed E-state index contributed by atoms with van der Waals surface area (Å²) in [5.41, 5.74) is -0.974. The predicted molar refractivity (Wildman–Crippen MR) is 63.4 cm³/mol. The van der Waals surface area contributed by atoms with E-state index in [9.17, 15) is 9.59 Å². The summed E-state index contributed by atoms with van der Waals surface area (Å²) in [5, 5.41) is 11.4. The van der Waals surface area contributed by atoms with Crippen LogP contribution in [0.5, 0.6) is 0 Å². The quantitative estimate of drug-likeness (QED) is 0.797. The standard InChI is InChI=1S/C12H17NO5/c1-8-4-5-9(18-8)11(16)13-12(2,7-17-3)6-10(14)15/h4-5H,6-7H2,1-3H3,(H,13,16)(H,14,15). The molecule has 18 heavy (non-hydrogen) atoms. The maximum absolute atomic E-state index is 11.9. The van der Waals surface area contributed by atoms with Gasteiger partial charge in [0.1, 0.15) is 5.76 Å². The monoisotopic (exact) mass is 255 g/mol. The Labute approximate surface area is 105 Å². The summed E-state index contributed by atoms with van der Waals surface area (Å²) in [6.45, 7) is 3.44. The molecule has 100 valence electrons. The second kappa shape index (κ2) is 5.68. The van der Waals surface area contributed by atoms with Gasteiger partial charge in [0.15, 0.2) is 5.76 Å². The summed E-state index contributed by atoms with van der Waals surface area (Å²) in [6.07, 6.45) is -0.230. The van der Waals surface area contributed by atoms with Gasteiger partial charge in [-0.2, -0.15) is 0 Å². The summed E-state index contributed by atoms with van der Waals surface area (Å²) in [5.74, 6) is -0.693. The molecule has 1 amide bonds. The van der Waals surface area contributed by atoms with Gasteiger partial charge in [-0.1, -0.05) is 0 Å². The van der Waals surface area contributed by atoms with E-state index < -0.39 is 17.4 Å². The van der Waals surface area contributed by atoms with Crippen molar-refractivity contribution in [2.75, 3.05) is 13.7 Å². The van der Waals surface area contributed by atoms with Crippen molar-refractivity contribution in [3.63, 3.8) is 0 Å². The number of hydrogen-bond donors (Lipinski definition) is 2. The average Bonchev–Trinajstić information content (AvgIpc) is 2.63. The molecule has 1 atom stereocenters. The van der Waals surface area contributed by atoms with Crippen molar-refractivity contribution < 1.29 is 23.8 Å². The third kappa shape index (κ3) is 3.89. The van der Waals surface area contributed by atoms with Gasteiger partial charge in [0.05, 0.1) is 18.6 Å². The molecule has 6 heteroatoms. The number of furan rings is 1. The molecule has 0 radical (unpaired) electrons. The van der Waals surface area contributed by atoms with E-state index >= 15 is 0 Å². The van der Waals surface area contributed by atoms with Crippen LogP contribution in [0.2, 0.25) is 0 Å². The second-order valence-corrected chi connectivity index (χ2v) is 4.43. The largest absolute Gasteiger partial charge is 0.481 e. The van der Waals surface area contributed by atoms with E-state index in [4.69, 9.17) is 14.3 Å². The Morgan fingerprint density at radius 2 is 2.17 bits per heavy atom. The van der Waals surface area contributed by atoms with Crippen LogP contribution in [0.4, 0.5) is 0 Å². The normalized spacial score (nSPS) is 13.9. The average molecular weight is 255 g/mol. The van der Waals surface area contributed by atoms with Crippen molar-refractivity contribution in [3.05, 3.63) is 23.7 Å². The Hall–Kier alpha value is -1.82. The number of aryl methyl sites for hydroxylation is 1. The number of carbonyl (C=O) groups is 2. The number of methoxy groups -OCH3 is 1. The van der Waals surface area contributed by atoms with Gasteiger partial charge in [-0.05, 0) is 26.0 Å². The first-order valence-corrected chi connectivity index (χ1v) is 5.46. The molecule has 0 aromatic carbocycles. The number of amides is 1. The van der Waals surface area contributed by atoms with Crippen LogP contribution in [0.1, 0.15) is 29.7 Å². The second-order valence-electron chi connectivity index (χ2n) is 4.43. The van der Waals surface area contributed by atoms with Crippen LogP contribution in [0.15, 0.2) is 16.5 Å². The topological polar surface area (TPSA) is 88.8 Å². The van der Waals surface area contributed by atoms with Crippen molar-refractivity contribution in [1.29, 1.82) is 0 Å². The zero-order valence-corrected chi connectivity index (χ0v) is 10.6. The van der Waals surface area contributed by atoms with Gasteiger partial charge in [0, 0.05) is 7.11 Å². The van der Waals surface area contributed by atoms with E-state index in [2.05, 4.69) is 5.32 Å². The van der Waals surface area contributed by atoms with Crippen LogP contribution in [-0.4, -0.2) is 36.2 Å². The van der Waals surface area contributed by atoms with Crippen molar-refractivity contribution in [2.45, 2.75) is 25.8 Å². The molecule has 0 aliphatic rings. The van der Waals surface area contributed by atoms with E-state index in [1.165, 1.54) is 7.11 Å². The van der Waals surface area contributed by atoms with Gasteiger partial charge >= 0.3 is 5.97 Å². The van der Waals surface area contributed by atoms with E-state index in [0.29, 0.717) is 5.76 Å². The van der Waals surface area contributed by atoms with Crippen molar-refractivity contribution in [2.24, 2.45) is 0 Å². The SMILES string of the molecule is COCC(C)(CC(=O)O)NC(=O)c1ccc(C)o1. The predicted octanol–water partition coefficient (Wildman–Crippen LogP) is 1.20. The number of ether oxygens (including phenoxy) is 1. The summed E-state index contributed by atoms with van der Waals surface area (Å²) in [6, 6.07) is 3.21. The van der Waals surface area contributed by atoms with Gasteiger partial charge in [-0.3, -0.25) is 9.59 Å². The van der Waals surface area contributed by atoms with E-state index in [-0.39, 0.29) is 18.8 Å². The minimum atomic E-state index is -1.01. The molecule has 0 spiro atoms. The number of carbonyl (C=O) groups excluding carboxylic acids is 1. The van der Waals surface area contributed by atoms with Crippen LogP contribution in [0.3, 0.4) is 0 Å². The maximum atomic E-state index is 11.9. The Morgan fingerprint density at radius 1 is 1.50 bits per heavy atom. The number of nitrogens with one attached hydrogen (secondary N) is 1. The molecule has 1 rings (SSSR count). The highest BCUT2D eigenvalue weighted by molar-refractivity contribution is 5.92. The zero-order valence-electron chi connectivity index (χ0n) is 10.6. The number of carboxylic acids is 1. The molecule has 0 saturated heterocycles. The molecule has 0 saturated carbocycles. The molecule has 1 heterocycles. The highest BCUT2D eigenvalue weighted by atomic mass is 16.5. The molecule has 1 unspecified atom stereocenters. The minimum Gasteiger partial charge on any atom is -0.481 e. The molecular formula is C12H17NO5. The van der Waals surface area contributed by atoms with Gasteiger partial charge in [-0.25, -0.2) is 0 Å². The van der Waals surface area contributed by atoms with Crippen molar-refractivity contribution in [1.82, 2.24) is 5.32 Å². The summed E-state index contributed by atoms with van der Waals surface area (Å²) in [7, 11) is 1.45. The first-order chi connectivity index (χ1) is 8.36. The van der Waals surface area contributed by atoms with Gasteiger partial charge in [0.25, 0.3) is 5.91 Å². The van der Waals surface area contributed by atoms with E-state index in [1.54, 1.807) is 26.0 Å². The highest BCUT2D eigenvalue weighted by Gasteiger charge is 2.30. The molecule has 0 bridgehead atoms. The Morgan fingerprint density at radius 3 is 2.61 bits per heavy atom. The molecule has 0 aliphatic carbocycles. The molecule has 2 N–H and O–H groups in total. The van der Waals surface area contributed by atoms with E-state index in [1.807, 2.05) is 0 Å². The summed E-state index contributed by atoms with van der Waals surface area (Å²) < 4.78 is 10.1. The zero-order chi connectivity index (χ0) is 13.8.